The van der Waals surface area contributed by atoms with Crippen LogP contribution in [0.3, 0.4) is 0 Å². The first-order valence-corrected chi connectivity index (χ1v) is 16.6. The van der Waals surface area contributed by atoms with Crippen molar-refractivity contribution < 1.29 is 43.6 Å². The molecule has 2 saturated carbocycles. The summed E-state index contributed by atoms with van der Waals surface area (Å²) in [4.78, 5) is 24.6. The molecule has 10 fully saturated rings. The first kappa shape index (κ1) is 28.1. The molecular weight excluding hydrogens is 528 g/mol. The molecule has 41 heavy (non-hydrogen) atoms. The lowest BCUT2D eigenvalue weighted by Crippen LogP contribution is -2.72. The molecule has 0 radical (unpaired) electrons. The summed E-state index contributed by atoms with van der Waals surface area (Å²) in [5, 5.41) is 11.9. The monoisotopic (exact) mass is 578 g/mol. The van der Waals surface area contributed by atoms with Gasteiger partial charge in [-0.3, -0.25) is 0 Å². The molecule has 9 nitrogen and oxygen atoms in total. The van der Waals surface area contributed by atoms with E-state index in [2.05, 4.69) is 27.7 Å². The van der Waals surface area contributed by atoms with E-state index >= 15 is 0 Å². The van der Waals surface area contributed by atoms with E-state index in [1.165, 1.54) is 0 Å². The third kappa shape index (κ3) is 3.80. The molecular formula is C32H50O9. The highest BCUT2D eigenvalue weighted by atomic mass is 17.3. The van der Waals surface area contributed by atoms with Gasteiger partial charge >= 0.3 is 0 Å². The number of rotatable bonds is 3. The number of fused-ring (bicyclic) bond motifs is 4. The molecule has 4 bridgehead atoms. The number of ether oxygens (including phenoxy) is 4. The van der Waals surface area contributed by atoms with Crippen LogP contribution in [0, 0.1) is 47.3 Å². The Morgan fingerprint density at radius 3 is 1.71 bits per heavy atom. The second-order valence-electron chi connectivity index (χ2n) is 15.6. The molecule has 2 spiro atoms. The van der Waals surface area contributed by atoms with Crippen molar-refractivity contribution in [2.75, 3.05) is 0 Å². The quantitative estimate of drug-likeness (QED) is 0.451. The van der Waals surface area contributed by atoms with Gasteiger partial charge in [0.15, 0.2) is 23.8 Å². The summed E-state index contributed by atoms with van der Waals surface area (Å²) in [5.41, 5.74) is -1.22. The van der Waals surface area contributed by atoms with Crippen LogP contribution in [0.1, 0.15) is 99.3 Å². The fraction of sp³-hybridized carbons (Fsp3) is 1.00. The van der Waals surface area contributed by atoms with Crippen molar-refractivity contribution in [3.05, 3.63) is 0 Å². The van der Waals surface area contributed by atoms with E-state index in [4.69, 9.17) is 38.5 Å². The van der Waals surface area contributed by atoms with Gasteiger partial charge < -0.3 is 24.1 Å². The van der Waals surface area contributed by atoms with Crippen LogP contribution in [0.4, 0.5) is 0 Å². The normalized spacial score (nSPS) is 61.8. The second-order valence-corrected chi connectivity index (χ2v) is 15.6. The highest BCUT2D eigenvalue weighted by Crippen LogP contribution is 2.63. The van der Waals surface area contributed by atoms with Crippen LogP contribution >= 0.6 is 0 Å². The Morgan fingerprint density at radius 2 is 1.15 bits per heavy atom. The molecule has 0 aromatic carbocycles. The minimum Gasteiger partial charge on any atom is -0.390 e. The summed E-state index contributed by atoms with van der Waals surface area (Å²) >= 11 is 0. The molecule has 1 N–H and O–H groups in total. The Kier molecular flexibility index (Phi) is 6.40. The molecule has 17 atom stereocenters. The summed E-state index contributed by atoms with van der Waals surface area (Å²) in [6.45, 7) is 13.0. The van der Waals surface area contributed by atoms with Gasteiger partial charge in [0, 0.05) is 31.1 Å². The topological polar surface area (TPSA) is 94.1 Å². The Bertz CT molecular complexity index is 1040. The molecule has 0 amide bonds. The van der Waals surface area contributed by atoms with E-state index in [-0.39, 0.29) is 35.9 Å². The fourth-order valence-corrected chi connectivity index (χ4v) is 11.0. The van der Waals surface area contributed by atoms with Gasteiger partial charge in [-0.1, -0.05) is 27.7 Å². The van der Waals surface area contributed by atoms with E-state index in [1.807, 2.05) is 13.8 Å². The third-order valence-corrected chi connectivity index (χ3v) is 13.4. The fourth-order valence-electron chi connectivity index (χ4n) is 11.0. The summed E-state index contributed by atoms with van der Waals surface area (Å²) < 4.78 is 26.7. The molecule has 0 unspecified atom stereocenters. The molecule has 8 heterocycles. The lowest BCUT2D eigenvalue weighted by atomic mass is 9.56. The first-order chi connectivity index (χ1) is 19.5. The summed E-state index contributed by atoms with van der Waals surface area (Å²) in [6, 6.07) is 0. The van der Waals surface area contributed by atoms with Crippen LogP contribution in [0.25, 0.3) is 0 Å². The maximum atomic E-state index is 11.9. The van der Waals surface area contributed by atoms with E-state index in [0.29, 0.717) is 30.1 Å². The summed E-state index contributed by atoms with van der Waals surface area (Å²) in [7, 11) is 0. The molecule has 232 valence electrons. The van der Waals surface area contributed by atoms with Crippen molar-refractivity contribution in [1.82, 2.24) is 0 Å². The molecule has 0 aromatic rings. The van der Waals surface area contributed by atoms with Crippen molar-refractivity contribution in [2.45, 2.75) is 153 Å². The van der Waals surface area contributed by atoms with E-state index in [0.717, 1.165) is 51.4 Å². The molecule has 9 heteroatoms. The lowest BCUT2D eigenvalue weighted by molar-refractivity contribution is -0.573. The lowest BCUT2D eigenvalue weighted by Gasteiger charge is -2.62. The number of aliphatic hydroxyl groups excluding tert-OH is 1. The van der Waals surface area contributed by atoms with Crippen LogP contribution in [0.5, 0.6) is 0 Å². The average Bonchev–Trinajstić information content (AvgIpc) is 3.31. The maximum absolute atomic E-state index is 11.9. The van der Waals surface area contributed by atoms with Crippen molar-refractivity contribution in [3.63, 3.8) is 0 Å². The van der Waals surface area contributed by atoms with Gasteiger partial charge in [-0.25, -0.2) is 19.6 Å². The summed E-state index contributed by atoms with van der Waals surface area (Å²) in [5.74, 6) is 0.712. The molecule has 2 aliphatic carbocycles. The standard InChI is InChI=1S/C32H50O9/c1-16-7-9-22-18(3)25(34-27-31(22)20(16)11-13-29(5,36-27)38-40-31)15-24(33)26-19(4)23-10-8-17(2)21-12-14-30(6)37-28(35-26)32(21,23)41-39-30/h16-28,33H,7-15H2,1-6H3/t16-,17-,18-,19-,20+,21+,22+,23+,24-,25-,26+,27-,28-,29-,30-,31-,32-/m1/s1. The van der Waals surface area contributed by atoms with Crippen molar-refractivity contribution in [3.8, 4) is 0 Å². The van der Waals surface area contributed by atoms with Gasteiger partial charge in [0.25, 0.3) is 0 Å². The Hall–Kier alpha value is -0.360. The predicted octanol–water partition coefficient (Wildman–Crippen LogP) is 5.24. The molecule has 10 rings (SSSR count). The van der Waals surface area contributed by atoms with Gasteiger partial charge in [-0.15, -0.1) is 0 Å². The molecule has 8 aliphatic heterocycles. The number of hydrogen-bond donors (Lipinski definition) is 1. The highest BCUT2D eigenvalue weighted by molar-refractivity contribution is 5.12. The van der Waals surface area contributed by atoms with Gasteiger partial charge in [-0.05, 0) is 87.9 Å². The largest absolute Gasteiger partial charge is 0.390 e. The Balaban J connectivity index is 1.06. The molecule has 0 aromatic heterocycles. The van der Waals surface area contributed by atoms with E-state index < -0.39 is 41.5 Å². The molecule has 8 saturated heterocycles. The third-order valence-electron chi connectivity index (χ3n) is 13.4. The SMILES string of the molecule is C[C@H]1[C@@H]([C@H](O)C[C@H]2O[C@@H]3O[C@@]4(C)CC[C@H]5[C@H](C)CC[C@@H]([C@H]2C)[C@@]35OO4)O[C@@H]2O[C@@]3(C)CC[C@H]4[C@H](C)CC[C@@H]1[C@@]24OO3. The van der Waals surface area contributed by atoms with Crippen molar-refractivity contribution in [1.29, 1.82) is 0 Å². The summed E-state index contributed by atoms with van der Waals surface area (Å²) in [6.07, 6.45) is 6.07. The van der Waals surface area contributed by atoms with Gasteiger partial charge in [0.2, 0.25) is 11.6 Å². The zero-order valence-electron chi connectivity index (χ0n) is 25.6. The number of hydrogen-bond acceptors (Lipinski definition) is 9. The van der Waals surface area contributed by atoms with E-state index in [9.17, 15) is 5.11 Å². The smallest absolute Gasteiger partial charge is 0.201 e. The average molecular weight is 579 g/mol. The predicted molar refractivity (Wildman–Crippen MR) is 144 cm³/mol. The minimum absolute atomic E-state index is 0.0804. The zero-order valence-corrected chi connectivity index (χ0v) is 25.6. The second kappa shape index (κ2) is 9.33. The Morgan fingerprint density at radius 1 is 0.634 bits per heavy atom. The first-order valence-electron chi connectivity index (χ1n) is 16.6. The number of aliphatic hydroxyl groups is 1. The molecule has 10 aliphatic rings. The van der Waals surface area contributed by atoms with E-state index in [1.54, 1.807) is 0 Å². The van der Waals surface area contributed by atoms with Crippen molar-refractivity contribution >= 4 is 0 Å². The van der Waals surface area contributed by atoms with Crippen LogP contribution < -0.4 is 0 Å². The zero-order chi connectivity index (χ0) is 28.5. The van der Waals surface area contributed by atoms with Crippen LogP contribution in [0.2, 0.25) is 0 Å². The van der Waals surface area contributed by atoms with Crippen molar-refractivity contribution in [2.24, 2.45) is 47.3 Å². The minimum atomic E-state index is -0.827. The van der Waals surface area contributed by atoms with Gasteiger partial charge in [-0.2, -0.15) is 0 Å². The van der Waals surface area contributed by atoms with Crippen LogP contribution in [-0.2, 0) is 38.5 Å². The van der Waals surface area contributed by atoms with Crippen LogP contribution in [0.15, 0.2) is 0 Å². The maximum Gasteiger partial charge on any atom is 0.201 e. The van der Waals surface area contributed by atoms with Gasteiger partial charge in [0.05, 0.1) is 18.3 Å². The van der Waals surface area contributed by atoms with Gasteiger partial charge in [0.1, 0.15) is 0 Å². The van der Waals surface area contributed by atoms with Crippen LogP contribution in [-0.4, -0.2) is 58.8 Å². The highest BCUT2D eigenvalue weighted by Gasteiger charge is 2.71. The Labute approximate surface area is 244 Å².